The molecule has 4 heteroatoms. The number of fused-ring (bicyclic) bond motifs is 1. The molecule has 3 aliphatic rings. The van der Waals surface area contributed by atoms with Crippen molar-refractivity contribution in [3.63, 3.8) is 0 Å². The van der Waals surface area contributed by atoms with Crippen molar-refractivity contribution in [2.24, 2.45) is 5.92 Å². The minimum absolute atomic E-state index is 0.198. The van der Waals surface area contributed by atoms with Crippen LogP contribution in [0, 0.1) is 5.92 Å². The number of hydrogen-bond acceptors (Lipinski definition) is 3. The van der Waals surface area contributed by atoms with E-state index in [1.165, 1.54) is 22.3 Å². The van der Waals surface area contributed by atoms with Crippen LogP contribution in [-0.2, 0) is 11.2 Å². The number of hydrogen-bond donors (Lipinski definition) is 1. The molecule has 1 aromatic heterocycles. The number of carboxylic acids is 1. The van der Waals surface area contributed by atoms with Crippen LogP contribution in [0.4, 0.5) is 0 Å². The second-order valence-corrected chi connectivity index (χ2v) is 7.95. The first-order chi connectivity index (χ1) is 13.2. The van der Waals surface area contributed by atoms with Gasteiger partial charge in [-0.05, 0) is 79.8 Å². The minimum Gasteiger partial charge on any atom is -0.481 e. The summed E-state index contributed by atoms with van der Waals surface area (Å²) in [4.78, 5) is 17.9. The Balaban J connectivity index is 1.49. The molecule has 4 nitrogen and oxygen atoms in total. The molecule has 2 heterocycles. The van der Waals surface area contributed by atoms with Crippen molar-refractivity contribution < 1.29 is 9.90 Å². The second kappa shape index (κ2) is 8.22. The molecule has 1 saturated heterocycles. The number of aromatic nitrogens is 1. The van der Waals surface area contributed by atoms with E-state index in [2.05, 4.69) is 34.2 Å². The Bertz CT molecular complexity index is 806. The zero-order chi connectivity index (χ0) is 18.6. The Labute approximate surface area is 161 Å². The molecule has 2 aliphatic carbocycles. The van der Waals surface area contributed by atoms with E-state index >= 15 is 0 Å². The molecule has 0 aromatic carbocycles. The van der Waals surface area contributed by atoms with Crippen molar-refractivity contribution in [1.29, 1.82) is 0 Å². The highest BCUT2D eigenvalue weighted by molar-refractivity contribution is 5.73. The van der Waals surface area contributed by atoms with Gasteiger partial charge in [-0.2, -0.15) is 0 Å². The van der Waals surface area contributed by atoms with Crippen LogP contribution in [0.15, 0.2) is 47.8 Å². The van der Waals surface area contributed by atoms with Gasteiger partial charge < -0.3 is 10.0 Å². The average Bonchev–Trinajstić information content (AvgIpc) is 2.85. The van der Waals surface area contributed by atoms with E-state index in [9.17, 15) is 9.90 Å². The lowest BCUT2D eigenvalue weighted by Crippen LogP contribution is -2.39. The van der Waals surface area contributed by atoms with Gasteiger partial charge in [0.15, 0.2) is 0 Å². The Hall–Kier alpha value is -2.20. The van der Waals surface area contributed by atoms with E-state index in [1.54, 1.807) is 5.57 Å². The van der Waals surface area contributed by atoms with E-state index in [4.69, 9.17) is 0 Å². The number of pyridine rings is 1. The highest BCUT2D eigenvalue weighted by Gasteiger charge is 2.25. The molecule has 1 aliphatic heterocycles. The average molecular weight is 364 g/mol. The van der Waals surface area contributed by atoms with Gasteiger partial charge in [0.2, 0.25) is 0 Å². The number of likely N-dealkylation sites (tertiary alicyclic amines) is 1. The van der Waals surface area contributed by atoms with Gasteiger partial charge in [-0.1, -0.05) is 23.8 Å². The molecule has 0 bridgehead atoms. The maximum absolute atomic E-state index is 11.3. The van der Waals surface area contributed by atoms with Crippen molar-refractivity contribution in [3.8, 4) is 0 Å². The number of carbonyl (C=O) groups is 1. The van der Waals surface area contributed by atoms with Gasteiger partial charge >= 0.3 is 5.97 Å². The van der Waals surface area contributed by atoms with Gasteiger partial charge in [-0.25, -0.2) is 0 Å². The van der Waals surface area contributed by atoms with Crippen LogP contribution in [-0.4, -0.2) is 40.6 Å². The Morgan fingerprint density at radius 2 is 2.30 bits per heavy atom. The van der Waals surface area contributed by atoms with E-state index in [0.29, 0.717) is 6.54 Å². The fraction of sp³-hybridized carbons (Fsp3) is 0.478. The molecule has 27 heavy (non-hydrogen) atoms. The van der Waals surface area contributed by atoms with Gasteiger partial charge in [0.1, 0.15) is 0 Å². The van der Waals surface area contributed by atoms with Gasteiger partial charge in [0, 0.05) is 25.5 Å². The Morgan fingerprint density at radius 1 is 1.37 bits per heavy atom. The number of piperidine rings is 1. The molecule has 1 atom stereocenters. The van der Waals surface area contributed by atoms with Crippen LogP contribution in [0.2, 0.25) is 0 Å². The molecule has 1 aromatic rings. The summed E-state index contributed by atoms with van der Waals surface area (Å²) in [6.45, 7) is 2.65. The Morgan fingerprint density at radius 3 is 3.19 bits per heavy atom. The molecule has 0 amide bonds. The molecule has 0 spiro atoms. The number of carboxylic acid groups (broad SMARTS) is 1. The van der Waals surface area contributed by atoms with Crippen molar-refractivity contribution in [2.75, 3.05) is 19.6 Å². The predicted octanol–water partition coefficient (Wildman–Crippen LogP) is 4.24. The molecule has 142 valence electrons. The molecule has 1 fully saturated rings. The molecular weight excluding hydrogens is 336 g/mol. The first kappa shape index (κ1) is 18.2. The van der Waals surface area contributed by atoms with Crippen LogP contribution < -0.4 is 0 Å². The summed E-state index contributed by atoms with van der Waals surface area (Å²) in [7, 11) is 0. The second-order valence-electron chi connectivity index (χ2n) is 7.95. The lowest BCUT2D eigenvalue weighted by atomic mass is 9.92. The van der Waals surface area contributed by atoms with Crippen LogP contribution >= 0.6 is 0 Å². The van der Waals surface area contributed by atoms with Gasteiger partial charge in [-0.15, -0.1) is 0 Å². The summed E-state index contributed by atoms with van der Waals surface area (Å²) < 4.78 is 0. The normalized spacial score (nSPS) is 24.4. The number of rotatable bonds is 4. The topological polar surface area (TPSA) is 53.4 Å². The van der Waals surface area contributed by atoms with Crippen molar-refractivity contribution in [2.45, 2.75) is 44.9 Å². The van der Waals surface area contributed by atoms with E-state index in [-0.39, 0.29) is 5.92 Å². The number of aliphatic carboxylic acids is 1. The highest BCUT2D eigenvalue weighted by Crippen LogP contribution is 2.36. The summed E-state index contributed by atoms with van der Waals surface area (Å²) in [6, 6.07) is 2.16. The number of allylic oxidation sites excluding steroid dienone is 5. The maximum atomic E-state index is 11.3. The molecule has 1 N–H and O–H groups in total. The van der Waals surface area contributed by atoms with Crippen molar-refractivity contribution >= 4 is 11.5 Å². The summed E-state index contributed by atoms with van der Waals surface area (Å²) in [5.74, 6) is -0.844. The first-order valence-electron chi connectivity index (χ1n) is 10.2. The zero-order valence-corrected chi connectivity index (χ0v) is 15.9. The quantitative estimate of drug-likeness (QED) is 0.868. The summed E-state index contributed by atoms with van der Waals surface area (Å²) in [5.41, 5.74) is 7.13. The predicted molar refractivity (Wildman–Crippen MR) is 107 cm³/mol. The SMILES string of the molecule is O=C(O)[C@@H]1CCCN(CCC=C2CC3=C(CCC=C3)Cc3cnccc32)C1. The van der Waals surface area contributed by atoms with E-state index < -0.39 is 5.97 Å². The fourth-order valence-corrected chi connectivity index (χ4v) is 4.62. The zero-order valence-electron chi connectivity index (χ0n) is 15.9. The smallest absolute Gasteiger partial charge is 0.307 e. The lowest BCUT2D eigenvalue weighted by molar-refractivity contribution is -0.143. The molecule has 0 saturated carbocycles. The molecule has 0 unspecified atom stereocenters. The summed E-state index contributed by atoms with van der Waals surface area (Å²) >= 11 is 0. The first-order valence-corrected chi connectivity index (χ1v) is 10.2. The number of nitrogens with zero attached hydrogens (tertiary/aromatic N) is 2. The standard InChI is InChI=1S/C23H28N2O2/c26-23(27)20-8-4-12-25(16-20)11-3-7-19-13-17-5-1-2-6-18(17)14-21-15-24-10-9-22(19)21/h1,5,7,9-10,15,20H,2-4,6,8,11-14,16H2,(H,26,27)/t20-/m1/s1. The molecular formula is C23H28N2O2. The van der Waals surface area contributed by atoms with Crippen LogP contribution in [0.5, 0.6) is 0 Å². The lowest BCUT2D eigenvalue weighted by Gasteiger charge is -2.30. The van der Waals surface area contributed by atoms with Crippen LogP contribution in [0.1, 0.15) is 49.7 Å². The summed E-state index contributed by atoms with van der Waals surface area (Å²) in [6.07, 6.45) is 18.0. The van der Waals surface area contributed by atoms with Gasteiger partial charge in [0.05, 0.1) is 5.92 Å². The Kier molecular flexibility index (Phi) is 5.53. The van der Waals surface area contributed by atoms with Crippen molar-refractivity contribution in [1.82, 2.24) is 9.88 Å². The van der Waals surface area contributed by atoms with E-state index in [1.807, 2.05) is 12.4 Å². The third kappa shape index (κ3) is 4.22. The van der Waals surface area contributed by atoms with Crippen LogP contribution in [0.25, 0.3) is 5.57 Å². The monoisotopic (exact) mass is 364 g/mol. The van der Waals surface area contributed by atoms with Crippen LogP contribution in [0.3, 0.4) is 0 Å². The third-order valence-corrected chi connectivity index (χ3v) is 6.11. The maximum Gasteiger partial charge on any atom is 0.307 e. The molecule has 4 rings (SSSR count). The molecule has 0 radical (unpaired) electrons. The van der Waals surface area contributed by atoms with Crippen molar-refractivity contribution in [3.05, 3.63) is 59.0 Å². The third-order valence-electron chi connectivity index (χ3n) is 6.11. The van der Waals surface area contributed by atoms with Gasteiger partial charge in [0.25, 0.3) is 0 Å². The summed E-state index contributed by atoms with van der Waals surface area (Å²) in [5, 5.41) is 9.28. The fourth-order valence-electron chi connectivity index (χ4n) is 4.62. The minimum atomic E-state index is -0.646. The highest BCUT2D eigenvalue weighted by atomic mass is 16.4. The largest absolute Gasteiger partial charge is 0.481 e. The van der Waals surface area contributed by atoms with E-state index in [0.717, 1.165) is 58.0 Å². The van der Waals surface area contributed by atoms with Gasteiger partial charge in [-0.3, -0.25) is 9.78 Å².